The molecule has 1 aromatic carbocycles. The zero-order valence-electron chi connectivity index (χ0n) is 10.3. The molecule has 1 aliphatic carbocycles. The second-order valence-electron chi connectivity index (χ2n) is 4.62. The fraction of sp³-hybridized carbons (Fsp3) is 0.333. The maximum atomic E-state index is 12.0. The third kappa shape index (κ3) is 2.26. The number of hydrogen-bond donors (Lipinski definition) is 3. The molecule has 0 aliphatic heterocycles. The van der Waals surface area contributed by atoms with Gasteiger partial charge >= 0.3 is 6.03 Å². The second-order valence-corrected chi connectivity index (χ2v) is 4.62. The number of para-hydroxylation sites is 1. The highest BCUT2D eigenvalue weighted by Crippen LogP contribution is 2.39. The Morgan fingerprint density at radius 1 is 1.26 bits per heavy atom. The molecule has 0 atom stereocenters. The molecule has 7 heteroatoms. The third-order valence-electron chi connectivity index (χ3n) is 3.36. The Bertz CT molecular complexity index is 549. The zero-order valence-corrected chi connectivity index (χ0v) is 10.3. The summed E-state index contributed by atoms with van der Waals surface area (Å²) in [6.45, 7) is 0. The normalized spacial score (nSPS) is 16.4. The number of nitrogens with zero attached hydrogens (tertiary/aromatic N) is 3. The molecule has 1 aromatic heterocycles. The van der Waals surface area contributed by atoms with Crippen molar-refractivity contribution in [2.45, 2.75) is 24.8 Å². The Morgan fingerprint density at radius 3 is 2.63 bits per heavy atom. The van der Waals surface area contributed by atoms with Crippen LogP contribution < -0.4 is 10.6 Å². The zero-order chi connectivity index (χ0) is 13.1. The molecule has 19 heavy (non-hydrogen) atoms. The minimum absolute atomic E-state index is 0.254. The van der Waals surface area contributed by atoms with Gasteiger partial charge in [-0.3, -0.25) is 0 Å². The van der Waals surface area contributed by atoms with Gasteiger partial charge in [-0.1, -0.05) is 23.4 Å². The van der Waals surface area contributed by atoms with E-state index in [9.17, 15) is 4.79 Å². The van der Waals surface area contributed by atoms with E-state index in [4.69, 9.17) is 0 Å². The van der Waals surface area contributed by atoms with Crippen molar-refractivity contribution in [3.05, 3.63) is 36.2 Å². The quantitative estimate of drug-likeness (QED) is 0.775. The predicted molar refractivity (Wildman–Crippen MR) is 68.3 cm³/mol. The van der Waals surface area contributed by atoms with Crippen LogP contribution >= 0.6 is 0 Å². The summed E-state index contributed by atoms with van der Waals surface area (Å²) in [7, 11) is 0. The summed E-state index contributed by atoms with van der Waals surface area (Å²) in [5, 5.41) is 19.7. The highest BCUT2D eigenvalue weighted by atomic mass is 16.2. The van der Waals surface area contributed by atoms with Gasteiger partial charge in [0.2, 0.25) is 0 Å². The van der Waals surface area contributed by atoms with Crippen molar-refractivity contribution in [1.82, 2.24) is 25.9 Å². The van der Waals surface area contributed by atoms with Crippen molar-refractivity contribution in [2.24, 2.45) is 0 Å². The summed E-state index contributed by atoms with van der Waals surface area (Å²) in [5.74, 6) is 0.543. The number of tetrazole rings is 1. The van der Waals surface area contributed by atoms with Gasteiger partial charge in [-0.25, -0.2) is 4.79 Å². The summed E-state index contributed by atoms with van der Waals surface area (Å²) in [6.07, 6.45) is 2.70. The van der Waals surface area contributed by atoms with Crippen LogP contribution in [0.25, 0.3) is 0 Å². The molecule has 2 aromatic rings. The predicted octanol–water partition coefficient (Wildman–Crippen LogP) is 1.40. The number of carbonyl (C=O) groups is 1. The molecular formula is C12H14N6O. The van der Waals surface area contributed by atoms with Gasteiger partial charge in [0.25, 0.3) is 0 Å². The summed E-state index contributed by atoms with van der Waals surface area (Å²) >= 11 is 0. The van der Waals surface area contributed by atoms with Gasteiger partial charge < -0.3 is 10.6 Å². The number of rotatable bonds is 3. The first-order valence-corrected chi connectivity index (χ1v) is 6.17. The van der Waals surface area contributed by atoms with Gasteiger partial charge in [-0.15, -0.1) is 10.2 Å². The summed E-state index contributed by atoms with van der Waals surface area (Å²) in [5.41, 5.74) is 0.272. The Labute approximate surface area is 109 Å². The van der Waals surface area contributed by atoms with Crippen LogP contribution in [0.4, 0.5) is 10.5 Å². The van der Waals surface area contributed by atoms with Crippen molar-refractivity contribution < 1.29 is 4.79 Å². The number of aromatic nitrogens is 4. The lowest BCUT2D eigenvalue weighted by Crippen LogP contribution is -2.52. The molecule has 98 valence electrons. The first-order valence-electron chi connectivity index (χ1n) is 6.17. The van der Waals surface area contributed by atoms with Crippen LogP contribution in [0, 0.1) is 0 Å². The van der Waals surface area contributed by atoms with Gasteiger partial charge in [0.05, 0.1) is 0 Å². The van der Waals surface area contributed by atoms with Crippen LogP contribution in [0.15, 0.2) is 30.3 Å². The van der Waals surface area contributed by atoms with E-state index >= 15 is 0 Å². The number of amides is 2. The number of nitrogens with one attached hydrogen (secondary N) is 3. The fourth-order valence-electron chi connectivity index (χ4n) is 2.20. The Kier molecular flexibility index (Phi) is 2.86. The molecule has 3 N–H and O–H groups in total. The van der Waals surface area contributed by atoms with Crippen LogP contribution in [-0.2, 0) is 5.54 Å². The number of H-pyrrole nitrogens is 1. The van der Waals surface area contributed by atoms with E-state index in [1.165, 1.54) is 0 Å². The molecule has 1 heterocycles. The minimum atomic E-state index is -0.480. The first kappa shape index (κ1) is 11.6. The van der Waals surface area contributed by atoms with Gasteiger partial charge in [0.15, 0.2) is 5.82 Å². The molecule has 2 amide bonds. The van der Waals surface area contributed by atoms with Crippen molar-refractivity contribution in [2.75, 3.05) is 5.32 Å². The average molecular weight is 258 g/mol. The van der Waals surface area contributed by atoms with E-state index in [1.807, 2.05) is 30.3 Å². The number of benzene rings is 1. The Balaban J connectivity index is 1.69. The number of hydrogen-bond acceptors (Lipinski definition) is 4. The van der Waals surface area contributed by atoms with Crippen LogP contribution in [0.5, 0.6) is 0 Å². The highest BCUT2D eigenvalue weighted by Gasteiger charge is 2.43. The highest BCUT2D eigenvalue weighted by molar-refractivity contribution is 5.89. The molecule has 0 spiro atoms. The fourth-order valence-corrected chi connectivity index (χ4v) is 2.20. The van der Waals surface area contributed by atoms with Crippen LogP contribution in [0.2, 0.25) is 0 Å². The molecule has 1 aliphatic rings. The standard InChI is InChI=1S/C12H14N6O/c19-11(13-9-5-2-1-3-6-9)14-12(7-4-8-12)10-15-17-18-16-10/h1-3,5-6H,4,7-8H2,(H2,13,14,19)(H,15,16,17,18). The van der Waals surface area contributed by atoms with E-state index in [0.717, 1.165) is 24.9 Å². The lowest BCUT2D eigenvalue weighted by atomic mass is 9.76. The molecule has 3 rings (SSSR count). The summed E-state index contributed by atoms with van der Waals surface area (Å²) in [4.78, 5) is 12.0. The Morgan fingerprint density at radius 2 is 2.05 bits per heavy atom. The van der Waals surface area contributed by atoms with Crippen LogP contribution in [0.3, 0.4) is 0 Å². The van der Waals surface area contributed by atoms with E-state index < -0.39 is 5.54 Å². The van der Waals surface area contributed by atoms with Gasteiger partial charge in [-0.05, 0) is 31.4 Å². The van der Waals surface area contributed by atoms with E-state index in [1.54, 1.807) is 0 Å². The average Bonchev–Trinajstić information content (AvgIpc) is 2.89. The third-order valence-corrected chi connectivity index (χ3v) is 3.36. The van der Waals surface area contributed by atoms with E-state index in [0.29, 0.717) is 5.82 Å². The van der Waals surface area contributed by atoms with Crippen LogP contribution in [0.1, 0.15) is 25.1 Å². The first-order chi connectivity index (χ1) is 9.28. The van der Waals surface area contributed by atoms with E-state index in [2.05, 4.69) is 31.3 Å². The molecule has 1 saturated carbocycles. The molecule has 0 radical (unpaired) electrons. The lowest BCUT2D eigenvalue weighted by molar-refractivity contribution is 0.175. The molecule has 1 fully saturated rings. The number of urea groups is 1. The SMILES string of the molecule is O=C(Nc1ccccc1)NC1(c2nn[nH]n2)CCC1. The lowest BCUT2D eigenvalue weighted by Gasteiger charge is -2.39. The topological polar surface area (TPSA) is 95.6 Å². The molecular weight excluding hydrogens is 244 g/mol. The molecule has 0 bridgehead atoms. The largest absolute Gasteiger partial charge is 0.325 e. The summed E-state index contributed by atoms with van der Waals surface area (Å²) in [6, 6.07) is 9.05. The smallest absolute Gasteiger partial charge is 0.320 e. The molecule has 0 unspecified atom stereocenters. The van der Waals surface area contributed by atoms with Crippen molar-refractivity contribution in [3.63, 3.8) is 0 Å². The maximum Gasteiger partial charge on any atom is 0.320 e. The van der Waals surface area contributed by atoms with Crippen molar-refractivity contribution in [1.29, 1.82) is 0 Å². The van der Waals surface area contributed by atoms with Gasteiger partial charge in [0.1, 0.15) is 5.54 Å². The maximum absolute atomic E-state index is 12.0. The second kappa shape index (κ2) is 4.68. The van der Waals surface area contributed by atoms with E-state index in [-0.39, 0.29) is 6.03 Å². The number of carbonyl (C=O) groups excluding carboxylic acids is 1. The van der Waals surface area contributed by atoms with Crippen LogP contribution in [-0.4, -0.2) is 26.7 Å². The van der Waals surface area contributed by atoms with Gasteiger partial charge in [0, 0.05) is 5.69 Å². The Hall–Kier alpha value is -2.44. The van der Waals surface area contributed by atoms with Crippen molar-refractivity contribution in [3.8, 4) is 0 Å². The number of aromatic amines is 1. The van der Waals surface area contributed by atoms with Gasteiger partial charge in [-0.2, -0.15) is 5.21 Å². The molecule has 0 saturated heterocycles. The number of anilines is 1. The molecule has 7 nitrogen and oxygen atoms in total. The summed E-state index contributed by atoms with van der Waals surface area (Å²) < 4.78 is 0. The minimum Gasteiger partial charge on any atom is -0.325 e. The monoisotopic (exact) mass is 258 g/mol. The van der Waals surface area contributed by atoms with Crippen molar-refractivity contribution >= 4 is 11.7 Å².